The van der Waals surface area contributed by atoms with Gasteiger partial charge in [-0.25, -0.2) is 13.8 Å². The normalized spacial score (nSPS) is 24.0. The van der Waals surface area contributed by atoms with Crippen LogP contribution in [0, 0.1) is 17.0 Å². The summed E-state index contributed by atoms with van der Waals surface area (Å²) < 4.78 is 29.0. The second-order valence-corrected chi connectivity index (χ2v) is 9.58. The van der Waals surface area contributed by atoms with Crippen molar-refractivity contribution in [2.24, 2.45) is 16.1 Å². The number of benzene rings is 2. The molecule has 2 heterocycles. The smallest absolute Gasteiger partial charge is 0.237 e. The zero-order valence-electron chi connectivity index (χ0n) is 19.4. The summed E-state index contributed by atoms with van der Waals surface area (Å²) >= 11 is 0. The number of halogens is 2. The third kappa shape index (κ3) is 3.48. The van der Waals surface area contributed by atoms with Crippen LogP contribution in [0.4, 0.5) is 14.5 Å². The lowest BCUT2D eigenvalue weighted by Gasteiger charge is -2.46. The zero-order chi connectivity index (χ0) is 24.3. The van der Waals surface area contributed by atoms with Gasteiger partial charge in [-0.3, -0.25) is 14.5 Å². The van der Waals surface area contributed by atoms with Crippen LogP contribution in [0.2, 0.25) is 0 Å². The first-order chi connectivity index (χ1) is 15.4. The molecule has 2 aromatic rings. The molecule has 8 heteroatoms. The highest BCUT2D eigenvalue weighted by atomic mass is 19.1. The Hall–Kier alpha value is -3.29. The van der Waals surface area contributed by atoms with Gasteiger partial charge in [0.2, 0.25) is 11.8 Å². The molecule has 0 aliphatic carbocycles. The van der Waals surface area contributed by atoms with Gasteiger partial charge in [-0.1, -0.05) is 18.2 Å². The first kappa shape index (κ1) is 22.9. The van der Waals surface area contributed by atoms with E-state index < -0.39 is 22.6 Å². The molecule has 0 spiro atoms. The van der Waals surface area contributed by atoms with E-state index in [0.717, 1.165) is 11.1 Å². The third-order valence-corrected chi connectivity index (χ3v) is 7.28. The number of fused-ring (bicyclic) bond motifs is 1. The molecule has 2 amide bonds. The topological polar surface area (TPSA) is 79.0 Å². The molecular formula is C25H28F2N4O2. The predicted octanol–water partition coefficient (Wildman–Crippen LogP) is 3.69. The second kappa shape index (κ2) is 7.64. The Morgan fingerprint density at radius 2 is 1.88 bits per heavy atom. The van der Waals surface area contributed by atoms with Crippen molar-refractivity contribution in [3.8, 4) is 0 Å². The molecular weight excluding hydrogens is 426 g/mol. The van der Waals surface area contributed by atoms with E-state index in [1.807, 2.05) is 0 Å². The fourth-order valence-corrected chi connectivity index (χ4v) is 4.91. The lowest BCUT2D eigenvalue weighted by atomic mass is 9.67. The molecule has 0 saturated heterocycles. The lowest BCUT2D eigenvalue weighted by molar-refractivity contribution is -0.140. The fourth-order valence-electron chi connectivity index (χ4n) is 4.91. The number of carbonyl (C=O) groups excluding carboxylic acids is 2. The van der Waals surface area contributed by atoms with E-state index in [-0.39, 0.29) is 29.3 Å². The summed E-state index contributed by atoms with van der Waals surface area (Å²) in [5, 5.41) is 0. The van der Waals surface area contributed by atoms with E-state index in [2.05, 4.69) is 4.99 Å². The summed E-state index contributed by atoms with van der Waals surface area (Å²) in [5.74, 6) is -1.31. The van der Waals surface area contributed by atoms with Crippen LogP contribution in [0.25, 0.3) is 0 Å². The van der Waals surface area contributed by atoms with E-state index in [9.17, 15) is 14.0 Å². The van der Waals surface area contributed by atoms with Crippen molar-refractivity contribution in [3.05, 3.63) is 64.7 Å². The average Bonchev–Trinajstić information content (AvgIpc) is 3.10. The number of nitrogens with two attached hydrogens (primary N) is 1. The average molecular weight is 455 g/mol. The number of hydrogen-bond donors (Lipinski definition) is 1. The lowest BCUT2D eigenvalue weighted by Crippen LogP contribution is -2.58. The fraction of sp³-hybridized carbons (Fsp3) is 0.400. The van der Waals surface area contributed by atoms with Gasteiger partial charge in [0.05, 0.1) is 11.1 Å². The molecule has 2 atom stereocenters. The van der Waals surface area contributed by atoms with E-state index in [0.29, 0.717) is 18.7 Å². The molecule has 0 aromatic heterocycles. The van der Waals surface area contributed by atoms with Crippen molar-refractivity contribution in [2.75, 3.05) is 18.5 Å². The maximum Gasteiger partial charge on any atom is 0.237 e. The molecule has 2 aliphatic heterocycles. The second-order valence-electron chi connectivity index (χ2n) is 9.58. The minimum absolute atomic E-state index is 0.0375. The highest BCUT2D eigenvalue weighted by molar-refractivity contribution is 6.01. The van der Waals surface area contributed by atoms with Crippen molar-refractivity contribution >= 4 is 23.5 Å². The summed E-state index contributed by atoms with van der Waals surface area (Å²) in [6.45, 7) is 7.06. The number of anilines is 1. The molecule has 2 aromatic carbocycles. The standard InChI is InChI=1S/C25H28F2N4O2/c1-14(32)31-13-16(18-8-7-17(26)12-21(18)31)10-15-6-9-20(27)19(11-15)25(4)24(2,3)22(33)30(5)23(28)29-25/h6-9,11-12,16H,10,13H2,1-5H3,(H2,28,29)/t16?,25-/m1/s1. The number of amides is 2. The molecule has 0 saturated carbocycles. The van der Waals surface area contributed by atoms with Crippen LogP contribution >= 0.6 is 0 Å². The minimum Gasteiger partial charge on any atom is -0.369 e. The van der Waals surface area contributed by atoms with Crippen LogP contribution in [-0.4, -0.2) is 36.3 Å². The summed E-state index contributed by atoms with van der Waals surface area (Å²) in [6.07, 6.45) is 0.513. The van der Waals surface area contributed by atoms with Crippen molar-refractivity contribution in [2.45, 2.75) is 45.6 Å². The van der Waals surface area contributed by atoms with Gasteiger partial charge in [-0.15, -0.1) is 0 Å². The SMILES string of the molecule is CC(=O)N1CC(Cc2ccc(F)c([C@@]3(C)N=C(N)N(C)C(=O)C3(C)C)c2)c2ccc(F)cc21. The minimum atomic E-state index is -1.21. The van der Waals surface area contributed by atoms with Gasteiger partial charge in [0.1, 0.15) is 17.2 Å². The van der Waals surface area contributed by atoms with Crippen LogP contribution < -0.4 is 10.6 Å². The van der Waals surface area contributed by atoms with Crippen LogP contribution in [0.3, 0.4) is 0 Å². The van der Waals surface area contributed by atoms with Gasteiger partial charge in [-0.05, 0) is 56.5 Å². The molecule has 0 radical (unpaired) electrons. The van der Waals surface area contributed by atoms with Crippen molar-refractivity contribution in [1.82, 2.24) is 4.90 Å². The summed E-state index contributed by atoms with van der Waals surface area (Å²) in [4.78, 5) is 32.5. The molecule has 6 nitrogen and oxygen atoms in total. The number of rotatable bonds is 3. The summed E-state index contributed by atoms with van der Waals surface area (Å²) in [7, 11) is 1.55. The highest BCUT2D eigenvalue weighted by Crippen LogP contribution is 2.48. The molecule has 2 N–H and O–H groups in total. The largest absolute Gasteiger partial charge is 0.369 e. The monoisotopic (exact) mass is 454 g/mol. The third-order valence-electron chi connectivity index (χ3n) is 7.28. The van der Waals surface area contributed by atoms with Crippen LogP contribution in [0.1, 0.15) is 50.3 Å². The van der Waals surface area contributed by atoms with Crippen LogP contribution in [0.15, 0.2) is 41.4 Å². The number of hydrogen-bond acceptors (Lipinski definition) is 4. The summed E-state index contributed by atoms with van der Waals surface area (Å²) in [6, 6.07) is 9.26. The predicted molar refractivity (Wildman–Crippen MR) is 123 cm³/mol. The molecule has 4 rings (SSSR count). The Morgan fingerprint density at radius 3 is 2.55 bits per heavy atom. The van der Waals surface area contributed by atoms with Gasteiger partial charge in [-0.2, -0.15) is 0 Å². The Morgan fingerprint density at radius 1 is 1.18 bits per heavy atom. The number of carbonyl (C=O) groups is 2. The van der Waals surface area contributed by atoms with Crippen LogP contribution in [-0.2, 0) is 21.5 Å². The Bertz CT molecular complexity index is 1190. The molecule has 0 bridgehead atoms. The maximum absolute atomic E-state index is 15.1. The Balaban J connectivity index is 1.74. The zero-order valence-corrected chi connectivity index (χ0v) is 19.4. The van der Waals surface area contributed by atoms with Gasteiger partial charge in [0.15, 0.2) is 5.96 Å². The maximum atomic E-state index is 15.1. The molecule has 33 heavy (non-hydrogen) atoms. The summed E-state index contributed by atoms with van der Waals surface area (Å²) in [5.41, 5.74) is 6.32. The quantitative estimate of drug-likeness (QED) is 0.768. The molecule has 2 aliphatic rings. The Kier molecular flexibility index (Phi) is 5.30. The Labute approximate surface area is 192 Å². The van der Waals surface area contributed by atoms with Crippen LogP contribution in [0.5, 0.6) is 0 Å². The highest BCUT2D eigenvalue weighted by Gasteiger charge is 2.53. The van der Waals surface area contributed by atoms with Crippen molar-refractivity contribution in [3.63, 3.8) is 0 Å². The van der Waals surface area contributed by atoms with E-state index >= 15 is 4.39 Å². The number of aliphatic imine (C=N–C) groups is 1. The molecule has 174 valence electrons. The molecule has 1 unspecified atom stereocenters. The van der Waals surface area contributed by atoms with E-state index in [1.54, 1.807) is 50.9 Å². The van der Waals surface area contributed by atoms with Crippen molar-refractivity contribution in [1.29, 1.82) is 0 Å². The van der Waals surface area contributed by atoms with Gasteiger partial charge in [0.25, 0.3) is 0 Å². The first-order valence-corrected chi connectivity index (χ1v) is 10.9. The van der Waals surface area contributed by atoms with Gasteiger partial charge >= 0.3 is 0 Å². The first-order valence-electron chi connectivity index (χ1n) is 10.9. The number of guanidine groups is 1. The van der Waals surface area contributed by atoms with E-state index in [4.69, 9.17) is 5.73 Å². The van der Waals surface area contributed by atoms with Gasteiger partial charge < -0.3 is 10.6 Å². The van der Waals surface area contributed by atoms with Gasteiger partial charge in [0, 0.05) is 32.0 Å². The number of nitrogens with zero attached hydrogens (tertiary/aromatic N) is 3. The van der Waals surface area contributed by atoms with E-state index in [1.165, 1.54) is 30.0 Å². The van der Waals surface area contributed by atoms with Crippen molar-refractivity contribution < 1.29 is 18.4 Å². The molecule has 0 fully saturated rings.